The second-order valence-electron chi connectivity index (χ2n) is 7.53. The molecule has 1 aromatic heterocycles. The van der Waals surface area contributed by atoms with Gasteiger partial charge in [0, 0.05) is 41.1 Å². The lowest BCUT2D eigenvalue weighted by Crippen LogP contribution is -2.35. The van der Waals surface area contributed by atoms with Gasteiger partial charge in [0.05, 0.1) is 10.0 Å². The van der Waals surface area contributed by atoms with Gasteiger partial charge >= 0.3 is 0 Å². The molecule has 0 saturated carbocycles. The van der Waals surface area contributed by atoms with E-state index in [1.54, 1.807) is 18.3 Å². The van der Waals surface area contributed by atoms with Crippen molar-refractivity contribution in [3.63, 3.8) is 0 Å². The number of benzene rings is 1. The highest BCUT2D eigenvalue weighted by Crippen LogP contribution is 2.45. The van der Waals surface area contributed by atoms with Crippen LogP contribution in [0.3, 0.4) is 0 Å². The Balaban J connectivity index is 1.85. The lowest BCUT2D eigenvalue weighted by molar-refractivity contribution is -0.116. The average molecular weight is 442 g/mol. The van der Waals surface area contributed by atoms with Crippen LogP contribution in [0.5, 0.6) is 0 Å². The highest BCUT2D eigenvalue weighted by molar-refractivity contribution is 6.42. The first-order valence-corrected chi connectivity index (χ1v) is 10.5. The number of hydrogen-bond acceptors (Lipinski definition) is 4. The van der Waals surface area contributed by atoms with E-state index in [2.05, 4.69) is 15.6 Å². The normalized spacial score (nSPS) is 18.8. The quantitative estimate of drug-likeness (QED) is 0.677. The van der Waals surface area contributed by atoms with E-state index in [4.69, 9.17) is 23.2 Å². The number of hydrogen-bond donors (Lipinski definition) is 2. The maximum Gasteiger partial charge on any atom is 0.255 e. The first-order valence-electron chi connectivity index (χ1n) is 9.79. The highest BCUT2D eigenvalue weighted by Gasteiger charge is 2.39. The molecule has 2 heterocycles. The van der Waals surface area contributed by atoms with Crippen molar-refractivity contribution in [1.29, 1.82) is 0 Å². The number of carbonyl (C=O) groups is 2. The van der Waals surface area contributed by atoms with Gasteiger partial charge in [-0.3, -0.25) is 9.59 Å². The van der Waals surface area contributed by atoms with Crippen LogP contribution in [0.4, 0.5) is 5.82 Å². The molecule has 1 unspecified atom stereocenters. The van der Waals surface area contributed by atoms with Crippen molar-refractivity contribution in [2.75, 3.05) is 5.32 Å². The summed E-state index contributed by atoms with van der Waals surface area (Å²) in [6.45, 7) is 3.72. The second kappa shape index (κ2) is 8.25. The summed E-state index contributed by atoms with van der Waals surface area (Å²) in [5.41, 5.74) is 4.08. The van der Waals surface area contributed by atoms with E-state index in [9.17, 15) is 9.59 Å². The van der Waals surface area contributed by atoms with Crippen LogP contribution in [0.25, 0.3) is 0 Å². The van der Waals surface area contributed by atoms with Crippen molar-refractivity contribution in [3.8, 4) is 0 Å². The number of anilines is 1. The minimum absolute atomic E-state index is 0.0246. The van der Waals surface area contributed by atoms with Gasteiger partial charge in [0.2, 0.25) is 0 Å². The third-order valence-electron chi connectivity index (χ3n) is 5.55. The Morgan fingerprint density at radius 2 is 1.97 bits per heavy atom. The molecule has 1 aliphatic heterocycles. The summed E-state index contributed by atoms with van der Waals surface area (Å²) in [6, 6.07) is 8.99. The summed E-state index contributed by atoms with van der Waals surface area (Å²) in [4.78, 5) is 30.7. The van der Waals surface area contributed by atoms with E-state index in [0.29, 0.717) is 44.7 Å². The van der Waals surface area contributed by atoms with Crippen molar-refractivity contribution >= 4 is 40.7 Å². The molecule has 1 aliphatic carbocycles. The molecule has 4 rings (SSSR count). The number of pyridine rings is 1. The van der Waals surface area contributed by atoms with Crippen LogP contribution in [-0.2, 0) is 9.59 Å². The monoisotopic (exact) mass is 441 g/mol. The Morgan fingerprint density at radius 1 is 1.17 bits per heavy atom. The molecule has 1 amide bonds. The van der Waals surface area contributed by atoms with Gasteiger partial charge < -0.3 is 10.6 Å². The Kier molecular flexibility index (Phi) is 5.67. The van der Waals surface area contributed by atoms with E-state index in [-0.39, 0.29) is 11.7 Å². The number of nitrogens with zero attached hydrogens (tertiary/aromatic N) is 1. The standard InChI is InChI=1S/C23H21Cl2N3O2/c1-12-6-5-11-26-22(12)28-23(30)18-13(2)27-16-9-4-10-17(29)20(16)19(18)14-7-3-8-15(24)21(14)25/h3,5-8,11,19,27H,4,9-10H2,1-2H3,(H,26,28,30). The van der Waals surface area contributed by atoms with Crippen LogP contribution in [0.2, 0.25) is 10.0 Å². The van der Waals surface area contributed by atoms with E-state index in [0.717, 1.165) is 24.1 Å². The van der Waals surface area contributed by atoms with Gasteiger partial charge in [0.15, 0.2) is 5.78 Å². The number of rotatable bonds is 3. The van der Waals surface area contributed by atoms with Gasteiger partial charge in [-0.2, -0.15) is 0 Å². The number of dihydropyridines is 1. The van der Waals surface area contributed by atoms with Crippen molar-refractivity contribution in [3.05, 3.63) is 80.2 Å². The van der Waals surface area contributed by atoms with Crippen LogP contribution in [-0.4, -0.2) is 16.7 Å². The number of nitrogens with one attached hydrogen (secondary N) is 2. The molecule has 0 spiro atoms. The van der Waals surface area contributed by atoms with E-state index in [1.807, 2.05) is 32.0 Å². The molecule has 154 valence electrons. The largest absolute Gasteiger partial charge is 0.362 e. The minimum atomic E-state index is -0.593. The summed E-state index contributed by atoms with van der Waals surface area (Å²) < 4.78 is 0. The number of allylic oxidation sites excluding steroid dienone is 3. The smallest absolute Gasteiger partial charge is 0.255 e. The van der Waals surface area contributed by atoms with Gasteiger partial charge in [-0.05, 0) is 49.9 Å². The molecule has 0 fully saturated rings. The summed E-state index contributed by atoms with van der Waals surface area (Å²) in [5, 5.41) is 6.93. The Hall–Kier alpha value is -2.63. The molecule has 1 aromatic carbocycles. The number of Topliss-reactive ketones (excluding diaryl/α,β-unsaturated/α-hetero) is 1. The molecule has 0 saturated heterocycles. The number of amides is 1. The van der Waals surface area contributed by atoms with Gasteiger partial charge in [0.1, 0.15) is 5.82 Å². The van der Waals surface area contributed by atoms with E-state index < -0.39 is 5.92 Å². The fourth-order valence-corrected chi connectivity index (χ4v) is 4.55. The summed E-state index contributed by atoms with van der Waals surface area (Å²) in [7, 11) is 0. The number of aromatic nitrogens is 1. The first-order chi connectivity index (χ1) is 14.4. The van der Waals surface area contributed by atoms with Crippen LogP contribution < -0.4 is 10.6 Å². The van der Waals surface area contributed by atoms with Crippen LogP contribution in [0.1, 0.15) is 43.2 Å². The van der Waals surface area contributed by atoms with Gasteiger partial charge in [-0.25, -0.2) is 4.98 Å². The maximum absolute atomic E-state index is 13.4. The molecule has 0 bridgehead atoms. The van der Waals surface area contributed by atoms with Crippen molar-refractivity contribution in [2.24, 2.45) is 0 Å². The topological polar surface area (TPSA) is 71.1 Å². The first kappa shape index (κ1) is 20.6. The lowest BCUT2D eigenvalue weighted by atomic mass is 9.75. The highest BCUT2D eigenvalue weighted by atomic mass is 35.5. The molecule has 2 aromatic rings. The number of carbonyl (C=O) groups excluding carboxylic acids is 2. The minimum Gasteiger partial charge on any atom is -0.362 e. The van der Waals surface area contributed by atoms with Crippen LogP contribution in [0, 0.1) is 6.92 Å². The Morgan fingerprint density at radius 3 is 2.73 bits per heavy atom. The number of halogens is 2. The maximum atomic E-state index is 13.4. The molecular formula is C23H21Cl2N3O2. The summed E-state index contributed by atoms with van der Waals surface area (Å²) >= 11 is 12.8. The van der Waals surface area contributed by atoms with E-state index >= 15 is 0 Å². The lowest BCUT2D eigenvalue weighted by Gasteiger charge is -2.35. The zero-order valence-electron chi connectivity index (χ0n) is 16.7. The predicted molar refractivity (Wildman–Crippen MR) is 119 cm³/mol. The molecule has 2 aliphatic rings. The SMILES string of the molecule is CC1=C(C(=O)Nc2ncccc2C)C(c2cccc(Cl)c2Cl)C2=C(CCCC2=O)N1. The van der Waals surface area contributed by atoms with Crippen LogP contribution in [0.15, 0.2) is 59.1 Å². The molecule has 7 heteroatoms. The van der Waals surface area contributed by atoms with Crippen molar-refractivity contribution in [1.82, 2.24) is 10.3 Å². The fraction of sp³-hybridized carbons (Fsp3) is 0.261. The third kappa shape index (κ3) is 3.64. The summed E-state index contributed by atoms with van der Waals surface area (Å²) in [5.74, 6) is -0.415. The van der Waals surface area contributed by atoms with Crippen molar-refractivity contribution < 1.29 is 9.59 Å². The Labute approximate surface area is 185 Å². The zero-order valence-corrected chi connectivity index (χ0v) is 18.2. The summed E-state index contributed by atoms with van der Waals surface area (Å²) in [6.07, 6.45) is 3.60. The molecule has 1 atom stereocenters. The molecule has 30 heavy (non-hydrogen) atoms. The van der Waals surface area contributed by atoms with Crippen LogP contribution >= 0.6 is 23.2 Å². The third-order valence-corrected chi connectivity index (χ3v) is 6.39. The molecule has 0 radical (unpaired) electrons. The zero-order chi connectivity index (χ0) is 21.4. The van der Waals surface area contributed by atoms with Gasteiger partial charge in [-0.15, -0.1) is 0 Å². The average Bonchev–Trinajstić information content (AvgIpc) is 2.71. The van der Waals surface area contributed by atoms with Crippen molar-refractivity contribution in [2.45, 2.75) is 39.0 Å². The van der Waals surface area contributed by atoms with E-state index in [1.165, 1.54) is 0 Å². The molecule has 5 nitrogen and oxygen atoms in total. The fourth-order valence-electron chi connectivity index (χ4n) is 4.13. The van der Waals surface area contributed by atoms with Gasteiger partial charge in [-0.1, -0.05) is 41.4 Å². The second-order valence-corrected chi connectivity index (χ2v) is 8.32. The predicted octanol–water partition coefficient (Wildman–Crippen LogP) is 5.30. The number of ketones is 1. The molecular weight excluding hydrogens is 421 g/mol. The number of aryl methyl sites for hydroxylation is 1. The Bertz CT molecular complexity index is 1120. The molecule has 2 N–H and O–H groups in total. The van der Waals surface area contributed by atoms with Gasteiger partial charge in [0.25, 0.3) is 5.91 Å².